The predicted molar refractivity (Wildman–Crippen MR) is 74.9 cm³/mol. The number of nitrogen functional groups attached to an aromatic ring is 1. The summed E-state index contributed by atoms with van der Waals surface area (Å²) >= 11 is 6.08. The first-order valence-electron chi connectivity index (χ1n) is 6.55. The first kappa shape index (κ1) is 12.7. The Bertz CT molecular complexity index is 612. The fourth-order valence-corrected chi connectivity index (χ4v) is 3.02. The molecular weight excluding hydrogens is 264 g/mol. The second-order valence-electron chi connectivity index (χ2n) is 5.08. The molecule has 1 aliphatic rings. The highest BCUT2D eigenvalue weighted by Gasteiger charge is 2.32. The number of hydrogen-bond donors (Lipinski definition) is 1. The average Bonchev–Trinajstić information content (AvgIpc) is 2.92. The van der Waals surface area contributed by atoms with Crippen molar-refractivity contribution in [2.45, 2.75) is 39.0 Å². The number of fused-ring (bicyclic) bond motifs is 1. The molecule has 2 aromatic heterocycles. The van der Waals surface area contributed by atoms with E-state index in [0.29, 0.717) is 17.2 Å². The van der Waals surface area contributed by atoms with Crippen molar-refractivity contribution >= 4 is 28.6 Å². The summed E-state index contributed by atoms with van der Waals surface area (Å²) < 4.78 is 8.08. The van der Waals surface area contributed by atoms with Gasteiger partial charge in [-0.15, -0.1) is 0 Å². The maximum Gasteiger partial charge on any atom is 0.223 e. The molecular formula is C13H17ClN4O. The highest BCUT2D eigenvalue weighted by molar-refractivity contribution is 6.34. The van der Waals surface area contributed by atoms with Gasteiger partial charge in [0.2, 0.25) is 5.95 Å². The molecule has 0 radical (unpaired) electrons. The highest BCUT2D eigenvalue weighted by atomic mass is 35.5. The summed E-state index contributed by atoms with van der Waals surface area (Å²) in [6.07, 6.45) is 4.25. The van der Waals surface area contributed by atoms with Gasteiger partial charge in [0.1, 0.15) is 17.0 Å². The van der Waals surface area contributed by atoms with Gasteiger partial charge in [-0.3, -0.25) is 0 Å². The number of nitrogens with zero attached hydrogens (tertiary/aromatic N) is 3. The molecule has 6 heteroatoms. The van der Waals surface area contributed by atoms with Gasteiger partial charge >= 0.3 is 0 Å². The summed E-state index contributed by atoms with van der Waals surface area (Å²) in [6, 6.07) is 1.91. The molecule has 0 bridgehead atoms. The molecule has 3 heterocycles. The first-order chi connectivity index (χ1) is 9.10. The lowest BCUT2D eigenvalue weighted by atomic mass is 10.0. The lowest BCUT2D eigenvalue weighted by molar-refractivity contribution is -0.00274. The van der Waals surface area contributed by atoms with Crippen molar-refractivity contribution in [3.63, 3.8) is 0 Å². The predicted octanol–water partition coefficient (Wildman–Crippen LogP) is 3.00. The highest BCUT2D eigenvalue weighted by Crippen LogP contribution is 2.37. The molecule has 0 aromatic carbocycles. The third kappa shape index (κ3) is 2.07. The van der Waals surface area contributed by atoms with Crippen LogP contribution < -0.4 is 5.73 Å². The number of aromatic nitrogens is 3. The second-order valence-corrected chi connectivity index (χ2v) is 5.44. The van der Waals surface area contributed by atoms with Crippen LogP contribution in [-0.4, -0.2) is 20.6 Å². The molecule has 0 aliphatic carbocycles. The number of hydrogen-bond acceptors (Lipinski definition) is 4. The van der Waals surface area contributed by atoms with E-state index in [-0.39, 0.29) is 12.2 Å². The van der Waals surface area contributed by atoms with Gasteiger partial charge in [-0.1, -0.05) is 25.4 Å². The molecule has 0 saturated carbocycles. The van der Waals surface area contributed by atoms with E-state index in [2.05, 4.69) is 23.8 Å². The number of halogens is 1. The van der Waals surface area contributed by atoms with Gasteiger partial charge < -0.3 is 15.0 Å². The molecule has 3 rings (SSSR count). The van der Waals surface area contributed by atoms with Crippen LogP contribution in [0.1, 0.15) is 32.9 Å². The van der Waals surface area contributed by atoms with Gasteiger partial charge in [0.25, 0.3) is 0 Å². The monoisotopic (exact) mass is 280 g/mol. The van der Waals surface area contributed by atoms with E-state index in [1.807, 2.05) is 16.8 Å². The zero-order chi connectivity index (χ0) is 13.6. The van der Waals surface area contributed by atoms with Crippen LogP contribution in [0.3, 0.4) is 0 Å². The molecule has 1 fully saturated rings. The largest absolute Gasteiger partial charge is 0.368 e. The van der Waals surface area contributed by atoms with E-state index in [1.54, 1.807) is 0 Å². The van der Waals surface area contributed by atoms with E-state index in [1.165, 1.54) is 0 Å². The lowest BCUT2D eigenvalue weighted by Crippen LogP contribution is -2.12. The third-order valence-corrected chi connectivity index (χ3v) is 4.08. The van der Waals surface area contributed by atoms with Crippen LogP contribution in [0.15, 0.2) is 12.3 Å². The van der Waals surface area contributed by atoms with Crippen LogP contribution in [0.4, 0.5) is 5.95 Å². The van der Waals surface area contributed by atoms with E-state index in [0.717, 1.165) is 23.9 Å². The molecule has 3 unspecified atom stereocenters. The molecule has 2 aromatic rings. The number of rotatable bonds is 2. The van der Waals surface area contributed by atoms with Gasteiger partial charge in [0, 0.05) is 6.20 Å². The number of nitrogens with two attached hydrogens (primary N) is 1. The standard InChI is InChI=1S/C13H17ClN4O/c1-3-9-7(2)6-10(19-9)18-5-4-8-11(14)16-13(15)17-12(8)18/h4-5,7,9-10H,3,6H2,1-2H3,(H2,15,16,17). The van der Waals surface area contributed by atoms with Gasteiger partial charge in [-0.25, -0.2) is 4.98 Å². The molecule has 102 valence electrons. The molecule has 1 saturated heterocycles. The quantitative estimate of drug-likeness (QED) is 0.859. The molecule has 0 amide bonds. The maximum atomic E-state index is 6.08. The summed E-state index contributed by atoms with van der Waals surface area (Å²) in [5, 5.41) is 1.20. The summed E-state index contributed by atoms with van der Waals surface area (Å²) in [5.74, 6) is 0.734. The average molecular weight is 281 g/mol. The van der Waals surface area contributed by atoms with Crippen molar-refractivity contribution in [2.75, 3.05) is 5.73 Å². The fraction of sp³-hybridized carbons (Fsp3) is 0.538. The van der Waals surface area contributed by atoms with Crippen molar-refractivity contribution in [3.05, 3.63) is 17.4 Å². The minimum atomic E-state index is 0.00261. The maximum absolute atomic E-state index is 6.08. The van der Waals surface area contributed by atoms with Crippen LogP contribution >= 0.6 is 11.6 Å². The van der Waals surface area contributed by atoms with Crippen LogP contribution in [0.25, 0.3) is 11.0 Å². The first-order valence-corrected chi connectivity index (χ1v) is 6.93. The minimum absolute atomic E-state index is 0.00261. The van der Waals surface area contributed by atoms with Gasteiger partial charge in [0.05, 0.1) is 11.5 Å². The van der Waals surface area contributed by atoms with Crippen molar-refractivity contribution in [1.82, 2.24) is 14.5 Å². The summed E-state index contributed by atoms with van der Waals surface area (Å²) in [7, 11) is 0. The van der Waals surface area contributed by atoms with Gasteiger partial charge in [-0.2, -0.15) is 4.98 Å². The topological polar surface area (TPSA) is 66.0 Å². The third-order valence-electron chi connectivity index (χ3n) is 3.80. The molecule has 2 N–H and O–H groups in total. The second kappa shape index (κ2) is 4.65. The Morgan fingerprint density at radius 1 is 1.53 bits per heavy atom. The summed E-state index contributed by atoms with van der Waals surface area (Å²) in [4.78, 5) is 8.25. The normalized spacial score (nSPS) is 27.2. The van der Waals surface area contributed by atoms with Crippen molar-refractivity contribution in [3.8, 4) is 0 Å². The Hall–Kier alpha value is -1.33. The Balaban J connectivity index is 2.02. The van der Waals surface area contributed by atoms with E-state index in [4.69, 9.17) is 22.1 Å². The van der Waals surface area contributed by atoms with Gasteiger partial charge in [-0.05, 0) is 24.8 Å². The van der Waals surface area contributed by atoms with Gasteiger partial charge in [0.15, 0.2) is 0 Å². The van der Waals surface area contributed by atoms with Crippen LogP contribution in [0.5, 0.6) is 0 Å². The van der Waals surface area contributed by atoms with Crippen LogP contribution in [-0.2, 0) is 4.74 Å². The van der Waals surface area contributed by atoms with Crippen molar-refractivity contribution in [2.24, 2.45) is 5.92 Å². The Labute approximate surface area is 116 Å². The Kier molecular flexibility index (Phi) is 3.11. The minimum Gasteiger partial charge on any atom is -0.368 e. The summed E-state index contributed by atoms with van der Waals surface area (Å²) in [6.45, 7) is 4.37. The summed E-state index contributed by atoms with van der Waals surface area (Å²) in [5.41, 5.74) is 6.41. The molecule has 5 nitrogen and oxygen atoms in total. The number of ether oxygens (including phenoxy) is 1. The van der Waals surface area contributed by atoms with E-state index in [9.17, 15) is 0 Å². The molecule has 19 heavy (non-hydrogen) atoms. The van der Waals surface area contributed by atoms with Crippen LogP contribution in [0, 0.1) is 5.92 Å². The lowest BCUT2D eigenvalue weighted by Gasteiger charge is -2.15. The molecule has 1 aliphatic heterocycles. The molecule has 3 atom stereocenters. The van der Waals surface area contributed by atoms with E-state index >= 15 is 0 Å². The zero-order valence-electron chi connectivity index (χ0n) is 11.0. The fourth-order valence-electron chi connectivity index (χ4n) is 2.78. The SMILES string of the molecule is CCC1OC(n2ccc3c(Cl)nc(N)nc32)CC1C. The van der Waals surface area contributed by atoms with Crippen LogP contribution in [0.2, 0.25) is 5.15 Å². The molecule has 0 spiro atoms. The smallest absolute Gasteiger partial charge is 0.223 e. The van der Waals surface area contributed by atoms with Crippen molar-refractivity contribution in [1.29, 1.82) is 0 Å². The Morgan fingerprint density at radius 3 is 3.00 bits per heavy atom. The van der Waals surface area contributed by atoms with E-state index < -0.39 is 0 Å². The van der Waals surface area contributed by atoms with Crippen molar-refractivity contribution < 1.29 is 4.74 Å². The number of anilines is 1. The zero-order valence-corrected chi connectivity index (χ0v) is 11.8. The Morgan fingerprint density at radius 2 is 2.32 bits per heavy atom.